The van der Waals surface area contributed by atoms with Crippen molar-refractivity contribution < 1.29 is 13.6 Å². The van der Waals surface area contributed by atoms with Crippen LogP contribution >= 0.6 is 0 Å². The van der Waals surface area contributed by atoms with E-state index in [9.17, 15) is 0 Å². The van der Waals surface area contributed by atoms with Crippen LogP contribution in [0.1, 0.15) is 22.3 Å². The highest BCUT2D eigenvalue weighted by Crippen LogP contribution is 2.32. The highest BCUT2D eigenvalue weighted by Gasteiger charge is 2.13. The van der Waals surface area contributed by atoms with Crippen molar-refractivity contribution in [3.63, 3.8) is 0 Å². The third-order valence-electron chi connectivity index (χ3n) is 6.46. The van der Waals surface area contributed by atoms with Crippen LogP contribution in [0.15, 0.2) is 81.6 Å². The number of aromatic nitrogens is 2. The maximum atomic E-state index is 6.13. The van der Waals surface area contributed by atoms with Crippen LogP contribution in [-0.2, 0) is 0 Å². The van der Waals surface area contributed by atoms with Crippen molar-refractivity contribution in [2.24, 2.45) is 0 Å². The third kappa shape index (κ3) is 3.95. The van der Waals surface area contributed by atoms with Crippen molar-refractivity contribution in [3.8, 4) is 34.4 Å². The second kappa shape index (κ2) is 8.13. The van der Waals surface area contributed by atoms with Gasteiger partial charge < -0.3 is 13.6 Å². The van der Waals surface area contributed by atoms with Gasteiger partial charge in [-0.05, 0) is 98.5 Å². The van der Waals surface area contributed by atoms with Gasteiger partial charge in [0, 0.05) is 23.3 Å². The number of oxazole rings is 2. The molecule has 0 bridgehead atoms. The molecule has 172 valence electrons. The summed E-state index contributed by atoms with van der Waals surface area (Å²) < 4.78 is 18.1. The molecule has 6 aromatic rings. The summed E-state index contributed by atoms with van der Waals surface area (Å²) >= 11 is 0. The fourth-order valence-electron chi connectivity index (χ4n) is 4.07. The summed E-state index contributed by atoms with van der Waals surface area (Å²) in [6.45, 7) is 8.36. The number of aryl methyl sites for hydroxylation is 4. The van der Waals surface area contributed by atoms with Gasteiger partial charge in [0.1, 0.15) is 22.5 Å². The molecule has 0 unspecified atom stereocenters. The molecule has 0 saturated carbocycles. The van der Waals surface area contributed by atoms with Gasteiger partial charge in [-0.3, -0.25) is 0 Å². The maximum absolute atomic E-state index is 6.13. The molecular formula is C30H24N2O3. The molecule has 0 aliphatic heterocycles. The molecular weight excluding hydrogens is 436 g/mol. The molecule has 2 heterocycles. The van der Waals surface area contributed by atoms with Gasteiger partial charge in [-0.25, -0.2) is 9.97 Å². The lowest BCUT2D eigenvalue weighted by Gasteiger charge is -2.04. The van der Waals surface area contributed by atoms with E-state index < -0.39 is 0 Å². The second-order valence-corrected chi connectivity index (χ2v) is 9.00. The van der Waals surface area contributed by atoms with E-state index in [1.165, 1.54) is 22.3 Å². The van der Waals surface area contributed by atoms with Gasteiger partial charge >= 0.3 is 0 Å². The van der Waals surface area contributed by atoms with Crippen LogP contribution in [0.2, 0.25) is 0 Å². The van der Waals surface area contributed by atoms with Gasteiger partial charge in [-0.1, -0.05) is 12.1 Å². The average Bonchev–Trinajstić information content (AvgIpc) is 3.46. The smallest absolute Gasteiger partial charge is 0.227 e. The van der Waals surface area contributed by atoms with E-state index in [1.54, 1.807) is 0 Å². The molecule has 0 radical (unpaired) electrons. The van der Waals surface area contributed by atoms with Crippen molar-refractivity contribution in [1.29, 1.82) is 0 Å². The minimum atomic E-state index is 0.600. The highest BCUT2D eigenvalue weighted by molar-refractivity contribution is 5.79. The van der Waals surface area contributed by atoms with Crippen LogP contribution in [0, 0.1) is 27.7 Å². The Balaban J connectivity index is 1.28. The van der Waals surface area contributed by atoms with Crippen LogP contribution in [-0.4, -0.2) is 9.97 Å². The summed E-state index contributed by atoms with van der Waals surface area (Å²) in [7, 11) is 0. The van der Waals surface area contributed by atoms with Crippen LogP contribution in [0.4, 0.5) is 0 Å². The van der Waals surface area contributed by atoms with Crippen LogP contribution < -0.4 is 4.74 Å². The number of hydrogen-bond donors (Lipinski definition) is 0. The van der Waals surface area contributed by atoms with Crippen molar-refractivity contribution in [2.75, 3.05) is 0 Å². The van der Waals surface area contributed by atoms with Crippen LogP contribution in [0.3, 0.4) is 0 Å². The Bertz CT molecular complexity index is 1600. The predicted molar refractivity (Wildman–Crippen MR) is 138 cm³/mol. The van der Waals surface area contributed by atoms with E-state index in [0.717, 1.165) is 33.3 Å². The SMILES string of the molecule is Cc1ccc(-c2nc3cc(Oc4ccc5oc(-c6ccc(C)c(C)c6)nc5c4)ccc3o2)cc1C. The van der Waals surface area contributed by atoms with E-state index >= 15 is 0 Å². The third-order valence-corrected chi connectivity index (χ3v) is 6.46. The number of benzene rings is 4. The lowest BCUT2D eigenvalue weighted by Crippen LogP contribution is -1.85. The normalized spacial score (nSPS) is 11.4. The highest BCUT2D eigenvalue weighted by atomic mass is 16.5. The summed E-state index contributed by atoms with van der Waals surface area (Å²) in [5.41, 5.74) is 9.74. The first-order valence-corrected chi connectivity index (χ1v) is 11.6. The monoisotopic (exact) mass is 460 g/mol. The molecule has 0 saturated heterocycles. The Hall–Kier alpha value is -4.38. The standard InChI is InChI=1S/C30H24N2O3/c1-17-5-7-21(13-19(17)3)29-31-25-15-23(9-11-27(25)34-29)33-24-10-12-28-26(16-24)32-30(35-28)22-8-6-18(2)20(4)14-22/h5-16H,1-4H3. The van der Waals surface area contributed by atoms with E-state index in [1.807, 2.05) is 48.5 Å². The Morgan fingerprint density at radius 2 is 0.971 bits per heavy atom. The van der Waals surface area contributed by atoms with E-state index in [4.69, 9.17) is 13.6 Å². The van der Waals surface area contributed by atoms with Gasteiger partial charge in [0.25, 0.3) is 0 Å². The van der Waals surface area contributed by atoms with Gasteiger partial charge in [-0.2, -0.15) is 0 Å². The molecule has 35 heavy (non-hydrogen) atoms. The Morgan fingerprint density at radius 3 is 1.40 bits per heavy atom. The number of nitrogens with zero attached hydrogens (tertiary/aromatic N) is 2. The molecule has 6 rings (SSSR count). The molecule has 0 aliphatic carbocycles. The minimum absolute atomic E-state index is 0.600. The summed E-state index contributed by atoms with van der Waals surface area (Å²) in [5, 5.41) is 0. The average molecular weight is 461 g/mol. The summed E-state index contributed by atoms with van der Waals surface area (Å²) in [4.78, 5) is 9.36. The van der Waals surface area contributed by atoms with Gasteiger partial charge in [-0.15, -0.1) is 0 Å². The van der Waals surface area contributed by atoms with E-state index in [-0.39, 0.29) is 0 Å². The van der Waals surface area contributed by atoms with E-state index in [0.29, 0.717) is 23.3 Å². The zero-order valence-corrected chi connectivity index (χ0v) is 20.0. The molecule has 0 atom stereocenters. The Kier molecular flexibility index (Phi) is 4.92. The largest absolute Gasteiger partial charge is 0.457 e. The first-order valence-electron chi connectivity index (χ1n) is 11.6. The number of ether oxygens (including phenoxy) is 1. The molecule has 5 nitrogen and oxygen atoms in total. The maximum Gasteiger partial charge on any atom is 0.227 e. The van der Waals surface area contributed by atoms with Crippen molar-refractivity contribution >= 4 is 22.2 Å². The summed E-state index contributed by atoms with van der Waals surface area (Å²) in [6.07, 6.45) is 0. The molecule has 0 amide bonds. The minimum Gasteiger partial charge on any atom is -0.457 e. The first kappa shape index (κ1) is 21.2. The molecule has 0 fully saturated rings. The quantitative estimate of drug-likeness (QED) is 0.265. The molecule has 0 N–H and O–H groups in total. The molecule has 4 aromatic carbocycles. The number of fused-ring (bicyclic) bond motifs is 2. The zero-order chi connectivity index (χ0) is 24.1. The number of hydrogen-bond acceptors (Lipinski definition) is 5. The topological polar surface area (TPSA) is 61.3 Å². The van der Waals surface area contributed by atoms with Crippen molar-refractivity contribution in [3.05, 3.63) is 95.1 Å². The second-order valence-electron chi connectivity index (χ2n) is 9.00. The fourth-order valence-corrected chi connectivity index (χ4v) is 4.07. The Labute approximate surface area is 203 Å². The van der Waals surface area contributed by atoms with Gasteiger partial charge in [0.2, 0.25) is 11.8 Å². The van der Waals surface area contributed by atoms with Crippen molar-refractivity contribution in [2.45, 2.75) is 27.7 Å². The van der Waals surface area contributed by atoms with Crippen LogP contribution in [0.5, 0.6) is 11.5 Å². The summed E-state index contributed by atoms with van der Waals surface area (Å²) in [6, 6.07) is 23.7. The predicted octanol–water partition coefficient (Wildman–Crippen LogP) is 8.33. The van der Waals surface area contributed by atoms with Gasteiger partial charge in [0.05, 0.1) is 0 Å². The summed E-state index contributed by atoms with van der Waals surface area (Å²) in [5.74, 6) is 2.55. The van der Waals surface area contributed by atoms with Crippen molar-refractivity contribution in [1.82, 2.24) is 9.97 Å². The first-order chi connectivity index (χ1) is 16.9. The Morgan fingerprint density at radius 1 is 0.514 bits per heavy atom. The lowest BCUT2D eigenvalue weighted by atomic mass is 10.1. The zero-order valence-electron chi connectivity index (χ0n) is 20.0. The lowest BCUT2D eigenvalue weighted by molar-refractivity contribution is 0.483. The molecule has 0 aliphatic rings. The molecule has 5 heteroatoms. The van der Waals surface area contributed by atoms with Crippen LogP contribution in [0.25, 0.3) is 45.1 Å². The van der Waals surface area contributed by atoms with Gasteiger partial charge in [0.15, 0.2) is 11.2 Å². The molecule has 0 spiro atoms. The molecule has 2 aromatic heterocycles. The van der Waals surface area contributed by atoms with E-state index in [2.05, 4.69) is 61.9 Å². The number of rotatable bonds is 4. The fraction of sp³-hybridized carbons (Fsp3) is 0.133.